The number of Topliss-reactive ketones (excluding diaryl/α,β-unsaturated/α-hetero) is 1. The number of rotatable bonds is 16. The summed E-state index contributed by atoms with van der Waals surface area (Å²) in [6, 6.07) is 0. The molecule has 0 aliphatic carbocycles. The highest BCUT2D eigenvalue weighted by Gasteiger charge is 2.04. The summed E-state index contributed by atoms with van der Waals surface area (Å²) in [5.41, 5.74) is 0. The van der Waals surface area contributed by atoms with Gasteiger partial charge >= 0.3 is 0 Å². The highest BCUT2D eigenvalue weighted by atomic mass is 16.6. The van der Waals surface area contributed by atoms with Gasteiger partial charge in [-0.05, 0) is 0 Å². The molecule has 0 rings (SSSR count). The quantitative estimate of drug-likeness (QED) is 0.421. The van der Waals surface area contributed by atoms with Crippen molar-refractivity contribution in [1.82, 2.24) is 5.32 Å². The van der Waals surface area contributed by atoms with E-state index in [4.69, 9.17) is 18.9 Å². The van der Waals surface area contributed by atoms with Crippen molar-refractivity contribution < 1.29 is 28.5 Å². The van der Waals surface area contributed by atoms with Gasteiger partial charge in [-0.2, -0.15) is 0 Å². The molecule has 0 heterocycles. The highest BCUT2D eigenvalue weighted by molar-refractivity contribution is 5.79. The van der Waals surface area contributed by atoms with Gasteiger partial charge in [0.1, 0.15) is 6.61 Å². The molecule has 0 unspecified atom stereocenters. The Morgan fingerprint density at radius 2 is 1.30 bits per heavy atom. The van der Waals surface area contributed by atoms with Crippen molar-refractivity contribution >= 4 is 11.7 Å². The molecule has 0 saturated heterocycles. The average molecular weight is 333 g/mol. The van der Waals surface area contributed by atoms with Crippen LogP contribution in [0.2, 0.25) is 0 Å². The van der Waals surface area contributed by atoms with E-state index >= 15 is 0 Å². The summed E-state index contributed by atoms with van der Waals surface area (Å²) in [7, 11) is 0. The van der Waals surface area contributed by atoms with Crippen molar-refractivity contribution in [2.75, 3.05) is 59.4 Å². The first-order chi connectivity index (χ1) is 11.1. The van der Waals surface area contributed by atoms with E-state index < -0.39 is 0 Å². The van der Waals surface area contributed by atoms with E-state index in [1.807, 2.05) is 20.8 Å². The first-order valence-electron chi connectivity index (χ1n) is 8.18. The molecule has 1 amide bonds. The van der Waals surface area contributed by atoms with Gasteiger partial charge in [-0.15, -0.1) is 0 Å². The van der Waals surface area contributed by atoms with Gasteiger partial charge < -0.3 is 24.3 Å². The summed E-state index contributed by atoms with van der Waals surface area (Å²) in [4.78, 5) is 22.2. The first-order valence-corrected chi connectivity index (χ1v) is 8.18. The Kier molecular flexibility index (Phi) is 15.2. The minimum absolute atomic E-state index is 0.00383. The van der Waals surface area contributed by atoms with Crippen LogP contribution in [0.1, 0.15) is 27.2 Å². The third kappa shape index (κ3) is 15.6. The SMILES string of the molecule is CCC(=O)COCCOCCOCCOCCNC(=O)C(C)C. The Balaban J connectivity index is 3.11. The Hall–Kier alpha value is -1.02. The molecular weight excluding hydrogens is 302 g/mol. The molecule has 0 aromatic heterocycles. The van der Waals surface area contributed by atoms with Gasteiger partial charge in [-0.3, -0.25) is 9.59 Å². The van der Waals surface area contributed by atoms with E-state index in [-0.39, 0.29) is 24.2 Å². The standard InChI is InChI=1S/C16H31NO6/c1-4-15(18)13-23-12-11-22-10-9-21-8-7-20-6-5-17-16(19)14(2)3/h14H,4-13H2,1-3H3,(H,17,19). The van der Waals surface area contributed by atoms with Crippen molar-refractivity contribution in [3.8, 4) is 0 Å². The molecule has 136 valence electrons. The van der Waals surface area contributed by atoms with Gasteiger partial charge in [0.05, 0.1) is 46.2 Å². The van der Waals surface area contributed by atoms with Crippen LogP contribution < -0.4 is 5.32 Å². The van der Waals surface area contributed by atoms with Crippen LogP contribution in [0.15, 0.2) is 0 Å². The summed E-state index contributed by atoms with van der Waals surface area (Å²) in [6.45, 7) is 9.47. The minimum Gasteiger partial charge on any atom is -0.377 e. The van der Waals surface area contributed by atoms with Crippen LogP contribution in [-0.4, -0.2) is 71.1 Å². The lowest BCUT2D eigenvalue weighted by Gasteiger charge is -2.09. The van der Waals surface area contributed by atoms with Crippen molar-refractivity contribution in [1.29, 1.82) is 0 Å². The first kappa shape index (κ1) is 22.0. The fourth-order valence-corrected chi connectivity index (χ4v) is 1.40. The van der Waals surface area contributed by atoms with Crippen molar-refractivity contribution in [3.05, 3.63) is 0 Å². The molecule has 0 atom stereocenters. The van der Waals surface area contributed by atoms with E-state index in [2.05, 4.69) is 5.32 Å². The number of hydrogen-bond donors (Lipinski definition) is 1. The molecule has 0 aliphatic heterocycles. The molecule has 0 spiro atoms. The molecule has 0 aliphatic rings. The van der Waals surface area contributed by atoms with Crippen molar-refractivity contribution in [2.45, 2.75) is 27.2 Å². The number of ketones is 1. The number of amides is 1. The molecule has 0 bridgehead atoms. The zero-order chi connectivity index (χ0) is 17.3. The number of carbonyl (C=O) groups excluding carboxylic acids is 2. The smallest absolute Gasteiger partial charge is 0.222 e. The maximum Gasteiger partial charge on any atom is 0.222 e. The lowest BCUT2D eigenvalue weighted by molar-refractivity contribution is -0.124. The second-order valence-electron chi connectivity index (χ2n) is 5.23. The fourth-order valence-electron chi connectivity index (χ4n) is 1.40. The molecule has 0 fully saturated rings. The normalized spacial score (nSPS) is 11.0. The summed E-state index contributed by atoms with van der Waals surface area (Å²) in [5, 5.41) is 2.77. The Morgan fingerprint density at radius 1 is 0.826 bits per heavy atom. The molecular formula is C16H31NO6. The lowest BCUT2D eigenvalue weighted by atomic mass is 10.2. The summed E-state index contributed by atoms with van der Waals surface area (Å²) in [6.07, 6.45) is 0.501. The van der Waals surface area contributed by atoms with E-state index in [0.29, 0.717) is 59.2 Å². The molecule has 0 radical (unpaired) electrons. The Morgan fingerprint density at radius 3 is 1.78 bits per heavy atom. The third-order valence-corrected chi connectivity index (χ3v) is 2.84. The second kappa shape index (κ2) is 15.9. The number of hydrogen-bond acceptors (Lipinski definition) is 6. The molecule has 23 heavy (non-hydrogen) atoms. The highest BCUT2D eigenvalue weighted by Crippen LogP contribution is 1.89. The largest absolute Gasteiger partial charge is 0.377 e. The summed E-state index contributed by atoms with van der Waals surface area (Å²) < 4.78 is 21.1. The Bertz CT molecular complexity index is 309. The predicted molar refractivity (Wildman–Crippen MR) is 86.4 cm³/mol. The van der Waals surface area contributed by atoms with Gasteiger partial charge in [0, 0.05) is 18.9 Å². The molecule has 0 saturated carbocycles. The minimum atomic E-state index is -0.00383. The fraction of sp³-hybridized carbons (Fsp3) is 0.875. The van der Waals surface area contributed by atoms with Crippen molar-refractivity contribution in [2.24, 2.45) is 5.92 Å². The molecule has 1 N–H and O–H groups in total. The summed E-state index contributed by atoms with van der Waals surface area (Å²) >= 11 is 0. The maximum atomic E-state index is 11.3. The zero-order valence-electron chi connectivity index (χ0n) is 14.6. The van der Waals surface area contributed by atoms with Crippen LogP contribution in [0.5, 0.6) is 0 Å². The van der Waals surface area contributed by atoms with E-state index in [1.165, 1.54) is 0 Å². The monoisotopic (exact) mass is 333 g/mol. The van der Waals surface area contributed by atoms with Crippen LogP contribution in [0.25, 0.3) is 0 Å². The van der Waals surface area contributed by atoms with Crippen LogP contribution in [0.4, 0.5) is 0 Å². The van der Waals surface area contributed by atoms with Crippen LogP contribution in [0.3, 0.4) is 0 Å². The van der Waals surface area contributed by atoms with Gasteiger partial charge in [0.15, 0.2) is 5.78 Å². The zero-order valence-corrected chi connectivity index (χ0v) is 14.6. The number of ether oxygens (including phenoxy) is 4. The van der Waals surface area contributed by atoms with Crippen LogP contribution in [-0.2, 0) is 28.5 Å². The van der Waals surface area contributed by atoms with Crippen molar-refractivity contribution in [3.63, 3.8) is 0 Å². The summed E-state index contributed by atoms with van der Waals surface area (Å²) in [5.74, 6) is 0.123. The van der Waals surface area contributed by atoms with Gasteiger partial charge in [-0.1, -0.05) is 20.8 Å². The van der Waals surface area contributed by atoms with E-state index in [9.17, 15) is 9.59 Å². The number of nitrogens with one attached hydrogen (secondary N) is 1. The van der Waals surface area contributed by atoms with Crippen LogP contribution >= 0.6 is 0 Å². The number of carbonyl (C=O) groups is 2. The molecule has 7 heteroatoms. The van der Waals surface area contributed by atoms with Gasteiger partial charge in [0.25, 0.3) is 0 Å². The van der Waals surface area contributed by atoms with Gasteiger partial charge in [0.2, 0.25) is 5.91 Å². The van der Waals surface area contributed by atoms with Gasteiger partial charge in [-0.25, -0.2) is 0 Å². The third-order valence-electron chi connectivity index (χ3n) is 2.84. The molecule has 7 nitrogen and oxygen atoms in total. The lowest BCUT2D eigenvalue weighted by Crippen LogP contribution is -2.31. The Labute approximate surface area is 139 Å². The van der Waals surface area contributed by atoms with Crippen LogP contribution in [0, 0.1) is 5.92 Å². The molecule has 0 aromatic rings. The van der Waals surface area contributed by atoms with E-state index in [0.717, 1.165) is 0 Å². The average Bonchev–Trinajstić information content (AvgIpc) is 2.54. The predicted octanol–water partition coefficient (Wildman–Crippen LogP) is 0.804. The second-order valence-corrected chi connectivity index (χ2v) is 5.23. The topological polar surface area (TPSA) is 83.1 Å². The molecule has 0 aromatic carbocycles. The van der Waals surface area contributed by atoms with E-state index in [1.54, 1.807) is 0 Å². The maximum absolute atomic E-state index is 11.3.